The molecule has 0 unspecified atom stereocenters. The van der Waals surface area contributed by atoms with Crippen molar-refractivity contribution >= 4 is 40.2 Å². The summed E-state index contributed by atoms with van der Waals surface area (Å²) in [6.07, 6.45) is 0.746. The van der Waals surface area contributed by atoms with Gasteiger partial charge in [0.15, 0.2) is 0 Å². The van der Waals surface area contributed by atoms with Crippen molar-refractivity contribution in [3.05, 3.63) is 58.1 Å². The minimum Gasteiger partial charge on any atom is -0.355 e. The summed E-state index contributed by atoms with van der Waals surface area (Å²) in [5.41, 5.74) is 2.93. The Balaban J connectivity index is 1.68. The Morgan fingerprint density at radius 3 is 2.50 bits per heavy atom. The van der Waals surface area contributed by atoms with Gasteiger partial charge in [-0.15, -0.1) is 0 Å². The number of benzene rings is 2. The highest BCUT2D eigenvalue weighted by atomic mass is 35.5. The second-order valence-corrected chi connectivity index (χ2v) is 5.29. The summed E-state index contributed by atoms with van der Waals surface area (Å²) in [6.45, 7) is 0.712. The molecule has 3 aromatic rings. The number of hydrogen-bond acceptors (Lipinski definition) is 2. The fourth-order valence-electron chi connectivity index (χ4n) is 2.11. The summed E-state index contributed by atoms with van der Waals surface area (Å²) in [7, 11) is 0. The van der Waals surface area contributed by atoms with Gasteiger partial charge in [-0.25, -0.2) is 4.98 Å². The van der Waals surface area contributed by atoms with E-state index >= 15 is 0 Å². The predicted molar refractivity (Wildman–Crippen MR) is 84.7 cm³/mol. The van der Waals surface area contributed by atoms with Crippen LogP contribution in [-0.2, 0) is 6.42 Å². The normalized spacial score (nSPS) is 10.9. The average Bonchev–Trinajstić information content (AvgIpc) is 2.84. The smallest absolute Gasteiger partial charge is 0.201 e. The largest absolute Gasteiger partial charge is 0.355 e. The topological polar surface area (TPSA) is 40.7 Å². The van der Waals surface area contributed by atoms with E-state index in [1.54, 1.807) is 0 Å². The van der Waals surface area contributed by atoms with Crippen LogP contribution < -0.4 is 5.32 Å². The van der Waals surface area contributed by atoms with Crippen molar-refractivity contribution in [2.75, 3.05) is 11.9 Å². The summed E-state index contributed by atoms with van der Waals surface area (Å²) in [4.78, 5) is 7.68. The number of H-pyrrole nitrogens is 1. The van der Waals surface area contributed by atoms with Crippen LogP contribution >= 0.6 is 23.2 Å². The Labute approximate surface area is 126 Å². The molecule has 20 heavy (non-hydrogen) atoms. The van der Waals surface area contributed by atoms with Crippen LogP contribution in [-0.4, -0.2) is 16.5 Å². The lowest BCUT2D eigenvalue weighted by atomic mass is 10.1. The van der Waals surface area contributed by atoms with E-state index in [1.165, 1.54) is 0 Å². The van der Waals surface area contributed by atoms with Gasteiger partial charge < -0.3 is 10.3 Å². The lowest BCUT2D eigenvalue weighted by Gasteiger charge is -2.07. The van der Waals surface area contributed by atoms with Crippen LogP contribution in [0.15, 0.2) is 42.5 Å². The molecule has 0 atom stereocenters. The minimum atomic E-state index is 0.698. The van der Waals surface area contributed by atoms with E-state index in [1.807, 2.05) is 42.5 Å². The Morgan fingerprint density at radius 1 is 1.00 bits per heavy atom. The van der Waals surface area contributed by atoms with E-state index in [4.69, 9.17) is 23.2 Å². The van der Waals surface area contributed by atoms with Crippen molar-refractivity contribution in [2.45, 2.75) is 6.42 Å². The van der Waals surface area contributed by atoms with Crippen LogP contribution in [0.25, 0.3) is 11.0 Å². The number of para-hydroxylation sites is 2. The van der Waals surface area contributed by atoms with E-state index in [9.17, 15) is 0 Å². The standard InChI is InChI=1S/C15H13Cl2N3/c16-11-4-3-5-12(17)10(11)8-9-18-15-19-13-6-1-2-7-14(13)20-15/h1-7H,8-9H2,(H2,18,19,20). The highest BCUT2D eigenvalue weighted by Gasteiger charge is 2.06. The summed E-state index contributed by atoms with van der Waals surface area (Å²) in [5.74, 6) is 0.759. The summed E-state index contributed by atoms with van der Waals surface area (Å²) < 4.78 is 0. The number of rotatable bonds is 4. The molecule has 2 N–H and O–H groups in total. The fraction of sp³-hybridized carbons (Fsp3) is 0.133. The van der Waals surface area contributed by atoms with Crippen LogP contribution in [0.4, 0.5) is 5.95 Å². The Bertz CT molecular complexity index is 684. The molecule has 3 nitrogen and oxygen atoms in total. The maximum atomic E-state index is 6.14. The molecule has 0 spiro atoms. The van der Waals surface area contributed by atoms with Gasteiger partial charge in [-0.1, -0.05) is 41.4 Å². The maximum absolute atomic E-state index is 6.14. The fourth-order valence-corrected chi connectivity index (χ4v) is 2.70. The molecule has 2 aromatic carbocycles. The van der Waals surface area contributed by atoms with Crippen LogP contribution in [0.2, 0.25) is 10.0 Å². The lowest BCUT2D eigenvalue weighted by molar-refractivity contribution is 1.000. The monoisotopic (exact) mass is 305 g/mol. The third-order valence-electron chi connectivity index (χ3n) is 3.12. The molecule has 0 aliphatic heterocycles. The third-order valence-corrected chi connectivity index (χ3v) is 3.83. The quantitative estimate of drug-likeness (QED) is 0.744. The SMILES string of the molecule is Clc1cccc(Cl)c1CCNc1nc2ccccc2[nH]1. The first kappa shape index (κ1) is 13.3. The first-order valence-corrected chi connectivity index (χ1v) is 7.11. The number of aromatic nitrogens is 2. The zero-order chi connectivity index (χ0) is 13.9. The van der Waals surface area contributed by atoms with Crippen molar-refractivity contribution < 1.29 is 0 Å². The van der Waals surface area contributed by atoms with E-state index in [2.05, 4.69) is 15.3 Å². The Kier molecular flexibility index (Phi) is 3.81. The highest BCUT2D eigenvalue weighted by Crippen LogP contribution is 2.24. The van der Waals surface area contributed by atoms with E-state index in [0.717, 1.165) is 29.0 Å². The average molecular weight is 306 g/mol. The molecule has 5 heteroatoms. The van der Waals surface area contributed by atoms with Crippen LogP contribution in [0, 0.1) is 0 Å². The number of halogens is 2. The second-order valence-electron chi connectivity index (χ2n) is 4.48. The molecule has 0 fully saturated rings. The molecular formula is C15H13Cl2N3. The summed E-state index contributed by atoms with van der Waals surface area (Å²) in [5, 5.41) is 4.65. The van der Waals surface area contributed by atoms with Crippen molar-refractivity contribution in [3.63, 3.8) is 0 Å². The van der Waals surface area contributed by atoms with Gasteiger partial charge in [0.05, 0.1) is 11.0 Å². The number of aromatic amines is 1. The molecule has 3 rings (SSSR count). The van der Waals surface area contributed by atoms with Crippen molar-refractivity contribution in [1.82, 2.24) is 9.97 Å². The molecule has 0 aliphatic rings. The van der Waals surface area contributed by atoms with Gasteiger partial charge in [-0.2, -0.15) is 0 Å². The van der Waals surface area contributed by atoms with Crippen molar-refractivity contribution in [2.24, 2.45) is 0 Å². The molecule has 0 saturated carbocycles. The lowest BCUT2D eigenvalue weighted by Crippen LogP contribution is -2.06. The minimum absolute atomic E-state index is 0.698. The number of imidazole rings is 1. The third kappa shape index (κ3) is 2.74. The molecule has 1 heterocycles. The van der Waals surface area contributed by atoms with E-state index in [-0.39, 0.29) is 0 Å². The zero-order valence-electron chi connectivity index (χ0n) is 10.7. The zero-order valence-corrected chi connectivity index (χ0v) is 12.2. The van der Waals surface area contributed by atoms with Crippen LogP contribution in [0.5, 0.6) is 0 Å². The number of hydrogen-bond donors (Lipinski definition) is 2. The number of nitrogens with one attached hydrogen (secondary N) is 2. The molecule has 0 aliphatic carbocycles. The van der Waals surface area contributed by atoms with Gasteiger partial charge in [0.2, 0.25) is 5.95 Å². The maximum Gasteiger partial charge on any atom is 0.201 e. The Morgan fingerprint density at radius 2 is 1.75 bits per heavy atom. The van der Waals surface area contributed by atoms with Gasteiger partial charge >= 0.3 is 0 Å². The Hall–Kier alpha value is -1.71. The molecule has 0 bridgehead atoms. The van der Waals surface area contributed by atoms with Gasteiger partial charge in [-0.3, -0.25) is 0 Å². The molecule has 0 radical (unpaired) electrons. The number of fused-ring (bicyclic) bond motifs is 1. The van der Waals surface area contributed by atoms with E-state index < -0.39 is 0 Å². The molecule has 0 amide bonds. The van der Waals surface area contributed by atoms with Gasteiger partial charge in [0.1, 0.15) is 0 Å². The summed E-state index contributed by atoms with van der Waals surface area (Å²) >= 11 is 12.3. The van der Waals surface area contributed by atoms with Gasteiger partial charge in [0.25, 0.3) is 0 Å². The van der Waals surface area contributed by atoms with Crippen LogP contribution in [0.1, 0.15) is 5.56 Å². The number of anilines is 1. The molecular weight excluding hydrogens is 293 g/mol. The molecule has 0 saturated heterocycles. The van der Waals surface area contributed by atoms with Gasteiger partial charge in [0, 0.05) is 16.6 Å². The van der Waals surface area contributed by atoms with Crippen molar-refractivity contribution in [3.8, 4) is 0 Å². The predicted octanol–water partition coefficient (Wildman–Crippen LogP) is 4.52. The van der Waals surface area contributed by atoms with Gasteiger partial charge in [-0.05, 0) is 36.2 Å². The summed E-state index contributed by atoms with van der Waals surface area (Å²) in [6, 6.07) is 13.5. The van der Waals surface area contributed by atoms with Crippen molar-refractivity contribution in [1.29, 1.82) is 0 Å². The second kappa shape index (κ2) is 5.73. The van der Waals surface area contributed by atoms with Crippen LogP contribution in [0.3, 0.4) is 0 Å². The first-order chi connectivity index (χ1) is 9.74. The molecule has 102 valence electrons. The molecule has 1 aromatic heterocycles. The van der Waals surface area contributed by atoms with E-state index in [0.29, 0.717) is 16.6 Å². The number of nitrogens with zero attached hydrogens (tertiary/aromatic N) is 1. The highest BCUT2D eigenvalue weighted by molar-refractivity contribution is 6.35. The first-order valence-electron chi connectivity index (χ1n) is 6.35.